The lowest BCUT2D eigenvalue weighted by Gasteiger charge is -2.08. The van der Waals surface area contributed by atoms with Crippen molar-refractivity contribution in [3.05, 3.63) is 29.8 Å². The summed E-state index contributed by atoms with van der Waals surface area (Å²) in [4.78, 5) is 23.1. The van der Waals surface area contributed by atoms with Crippen molar-refractivity contribution in [3.63, 3.8) is 0 Å². The number of ketones is 1. The van der Waals surface area contributed by atoms with E-state index in [4.69, 9.17) is 0 Å². The van der Waals surface area contributed by atoms with Gasteiger partial charge in [0.1, 0.15) is 0 Å². The lowest BCUT2D eigenvalue weighted by Crippen LogP contribution is -2.14. The van der Waals surface area contributed by atoms with E-state index in [1.807, 2.05) is 20.8 Å². The Morgan fingerprint density at radius 1 is 1.29 bits per heavy atom. The van der Waals surface area contributed by atoms with Crippen molar-refractivity contribution >= 4 is 17.4 Å². The molecule has 92 valence electrons. The van der Waals surface area contributed by atoms with Crippen LogP contribution in [0.15, 0.2) is 24.3 Å². The maximum absolute atomic E-state index is 11.6. The first kappa shape index (κ1) is 13.4. The first-order valence-corrected chi connectivity index (χ1v) is 5.96. The van der Waals surface area contributed by atoms with Gasteiger partial charge in [-0.3, -0.25) is 9.59 Å². The highest BCUT2D eigenvalue weighted by Crippen LogP contribution is 2.13. The molecule has 0 unspecified atom stereocenters. The van der Waals surface area contributed by atoms with Gasteiger partial charge in [0, 0.05) is 24.1 Å². The number of Topliss-reactive ketones (excluding diaryl/α,β-unsaturated/α-hetero) is 1. The van der Waals surface area contributed by atoms with Gasteiger partial charge in [0.15, 0.2) is 5.78 Å². The van der Waals surface area contributed by atoms with Gasteiger partial charge in [-0.05, 0) is 18.1 Å². The van der Waals surface area contributed by atoms with Gasteiger partial charge in [-0.1, -0.05) is 32.9 Å². The first-order valence-electron chi connectivity index (χ1n) is 5.96. The predicted octanol–water partition coefficient (Wildman–Crippen LogP) is 3.26. The molecular formula is C14H19NO2. The number of rotatable bonds is 5. The number of carbonyl (C=O) groups is 2. The molecular weight excluding hydrogens is 214 g/mol. The van der Waals surface area contributed by atoms with E-state index in [-0.39, 0.29) is 11.7 Å². The van der Waals surface area contributed by atoms with Gasteiger partial charge in [0.25, 0.3) is 0 Å². The van der Waals surface area contributed by atoms with Crippen LogP contribution in [0.25, 0.3) is 0 Å². The molecule has 17 heavy (non-hydrogen) atoms. The number of anilines is 1. The monoisotopic (exact) mass is 233 g/mol. The van der Waals surface area contributed by atoms with Crippen molar-refractivity contribution in [1.29, 1.82) is 0 Å². The Morgan fingerprint density at radius 2 is 2.00 bits per heavy atom. The summed E-state index contributed by atoms with van der Waals surface area (Å²) in [6.45, 7) is 5.82. The van der Waals surface area contributed by atoms with E-state index in [1.54, 1.807) is 24.3 Å². The number of amides is 1. The molecule has 3 heteroatoms. The maximum atomic E-state index is 11.6. The Bertz CT molecular complexity index is 410. The SMILES string of the molecule is CCC(=O)c1cccc(NC(=O)CC(C)C)c1. The number of hydrogen-bond acceptors (Lipinski definition) is 2. The van der Waals surface area contributed by atoms with Crippen LogP contribution in [0.5, 0.6) is 0 Å². The molecule has 0 aliphatic carbocycles. The van der Waals surface area contributed by atoms with Crippen LogP contribution in [0.4, 0.5) is 5.69 Å². The molecule has 0 bridgehead atoms. The molecule has 0 aromatic heterocycles. The van der Waals surface area contributed by atoms with E-state index in [9.17, 15) is 9.59 Å². The summed E-state index contributed by atoms with van der Waals surface area (Å²) < 4.78 is 0. The smallest absolute Gasteiger partial charge is 0.224 e. The summed E-state index contributed by atoms with van der Waals surface area (Å²) in [6.07, 6.45) is 0.968. The van der Waals surface area contributed by atoms with E-state index >= 15 is 0 Å². The summed E-state index contributed by atoms with van der Waals surface area (Å²) in [5.74, 6) is 0.404. The minimum atomic E-state index is -0.0129. The molecule has 0 atom stereocenters. The third-order valence-corrected chi connectivity index (χ3v) is 2.38. The quantitative estimate of drug-likeness (QED) is 0.793. The molecule has 0 aliphatic heterocycles. The van der Waals surface area contributed by atoms with Crippen molar-refractivity contribution in [2.75, 3.05) is 5.32 Å². The largest absolute Gasteiger partial charge is 0.326 e. The molecule has 0 radical (unpaired) electrons. The summed E-state index contributed by atoms with van der Waals surface area (Å²) in [7, 11) is 0. The average molecular weight is 233 g/mol. The van der Waals surface area contributed by atoms with Crippen LogP contribution in [0, 0.1) is 5.92 Å². The molecule has 1 N–H and O–H groups in total. The molecule has 0 heterocycles. The fraction of sp³-hybridized carbons (Fsp3) is 0.429. The first-order chi connectivity index (χ1) is 8.02. The van der Waals surface area contributed by atoms with Gasteiger partial charge in [-0.15, -0.1) is 0 Å². The Morgan fingerprint density at radius 3 is 2.59 bits per heavy atom. The van der Waals surface area contributed by atoms with Crippen LogP contribution in [-0.4, -0.2) is 11.7 Å². The molecule has 0 saturated heterocycles. The molecule has 1 aromatic rings. The van der Waals surface area contributed by atoms with E-state index in [2.05, 4.69) is 5.32 Å². The molecule has 1 rings (SSSR count). The van der Waals surface area contributed by atoms with Crippen LogP contribution in [0.1, 0.15) is 44.0 Å². The normalized spacial score (nSPS) is 10.4. The number of benzene rings is 1. The highest BCUT2D eigenvalue weighted by atomic mass is 16.1. The van der Waals surface area contributed by atoms with Crippen LogP contribution in [0.3, 0.4) is 0 Å². The van der Waals surface area contributed by atoms with Crippen LogP contribution >= 0.6 is 0 Å². The molecule has 0 spiro atoms. The zero-order valence-corrected chi connectivity index (χ0v) is 10.6. The third kappa shape index (κ3) is 4.39. The van der Waals surface area contributed by atoms with E-state index in [0.29, 0.717) is 30.0 Å². The zero-order chi connectivity index (χ0) is 12.8. The summed E-state index contributed by atoms with van der Waals surface area (Å²) in [5, 5.41) is 2.80. The summed E-state index contributed by atoms with van der Waals surface area (Å²) in [6, 6.07) is 7.08. The minimum absolute atomic E-state index is 0.0129. The predicted molar refractivity (Wildman–Crippen MR) is 69.1 cm³/mol. The Hall–Kier alpha value is -1.64. The van der Waals surface area contributed by atoms with Gasteiger partial charge in [0.2, 0.25) is 5.91 Å². The fourth-order valence-electron chi connectivity index (χ4n) is 1.56. The van der Waals surface area contributed by atoms with Gasteiger partial charge in [-0.2, -0.15) is 0 Å². The lowest BCUT2D eigenvalue weighted by molar-refractivity contribution is -0.116. The second kappa shape index (κ2) is 6.18. The van der Waals surface area contributed by atoms with Crippen LogP contribution in [-0.2, 0) is 4.79 Å². The fourth-order valence-corrected chi connectivity index (χ4v) is 1.56. The number of hydrogen-bond donors (Lipinski definition) is 1. The second-order valence-corrected chi connectivity index (χ2v) is 4.50. The topological polar surface area (TPSA) is 46.2 Å². The molecule has 3 nitrogen and oxygen atoms in total. The second-order valence-electron chi connectivity index (χ2n) is 4.50. The highest BCUT2D eigenvalue weighted by Gasteiger charge is 2.07. The van der Waals surface area contributed by atoms with Crippen molar-refractivity contribution in [1.82, 2.24) is 0 Å². The summed E-state index contributed by atoms with van der Waals surface area (Å²) in [5.41, 5.74) is 1.34. The maximum Gasteiger partial charge on any atom is 0.224 e. The molecule has 1 aromatic carbocycles. The Labute approximate surface area is 102 Å². The third-order valence-electron chi connectivity index (χ3n) is 2.38. The van der Waals surface area contributed by atoms with E-state index in [0.717, 1.165) is 0 Å². The zero-order valence-electron chi connectivity index (χ0n) is 10.6. The minimum Gasteiger partial charge on any atom is -0.326 e. The van der Waals surface area contributed by atoms with Crippen LogP contribution in [0.2, 0.25) is 0 Å². The number of carbonyl (C=O) groups excluding carboxylic acids is 2. The van der Waals surface area contributed by atoms with Gasteiger partial charge in [0.05, 0.1) is 0 Å². The van der Waals surface area contributed by atoms with Crippen molar-refractivity contribution in [2.24, 2.45) is 5.92 Å². The van der Waals surface area contributed by atoms with Gasteiger partial charge < -0.3 is 5.32 Å². The molecule has 0 aliphatic rings. The van der Waals surface area contributed by atoms with Crippen LogP contribution < -0.4 is 5.32 Å². The van der Waals surface area contributed by atoms with E-state index < -0.39 is 0 Å². The average Bonchev–Trinajstić information content (AvgIpc) is 2.27. The molecule has 0 fully saturated rings. The number of nitrogens with one attached hydrogen (secondary N) is 1. The standard InChI is InChI=1S/C14H19NO2/c1-4-13(16)11-6-5-7-12(9-11)15-14(17)8-10(2)3/h5-7,9-10H,4,8H2,1-3H3,(H,15,17). The highest BCUT2D eigenvalue weighted by molar-refractivity contribution is 5.98. The Kier molecular flexibility index (Phi) is 4.88. The van der Waals surface area contributed by atoms with Crippen molar-refractivity contribution in [3.8, 4) is 0 Å². The molecule has 1 amide bonds. The van der Waals surface area contributed by atoms with Gasteiger partial charge >= 0.3 is 0 Å². The lowest BCUT2D eigenvalue weighted by atomic mass is 10.1. The Balaban J connectivity index is 2.72. The van der Waals surface area contributed by atoms with E-state index in [1.165, 1.54) is 0 Å². The van der Waals surface area contributed by atoms with Gasteiger partial charge in [-0.25, -0.2) is 0 Å². The summed E-state index contributed by atoms with van der Waals surface area (Å²) >= 11 is 0. The molecule has 0 saturated carbocycles. The van der Waals surface area contributed by atoms with Crippen molar-refractivity contribution in [2.45, 2.75) is 33.6 Å². The van der Waals surface area contributed by atoms with Crippen molar-refractivity contribution < 1.29 is 9.59 Å².